The number of hydrogen-bond donors (Lipinski definition) is 2. The molecule has 1 unspecified atom stereocenters. The van der Waals surface area contributed by atoms with E-state index in [0.717, 1.165) is 22.3 Å². The molecule has 9 heteroatoms. The van der Waals surface area contributed by atoms with Gasteiger partial charge in [-0.05, 0) is 48.6 Å². The van der Waals surface area contributed by atoms with Crippen molar-refractivity contribution in [3.63, 3.8) is 0 Å². The SMILES string of the molecule is CC(C)C1=N[C@@](C)(c2ccccc2)N(CC(=O)Nc2cc3c(cn2)CC2(C3)C(=O)Nc3ncccc32)C1=O. The van der Waals surface area contributed by atoms with Crippen LogP contribution in [0.15, 0.2) is 65.9 Å². The van der Waals surface area contributed by atoms with Gasteiger partial charge in [0.05, 0.1) is 5.41 Å². The predicted molar refractivity (Wildman–Crippen MR) is 143 cm³/mol. The number of aliphatic imine (C=N–C) groups is 1. The molecule has 1 aromatic carbocycles. The van der Waals surface area contributed by atoms with Crippen LogP contribution in [-0.4, -0.2) is 44.8 Å². The Bertz CT molecular complexity index is 1520. The Morgan fingerprint density at radius 3 is 2.61 bits per heavy atom. The number of carbonyl (C=O) groups is 3. The standard InChI is InChI=1S/C29H28N6O3/c1-17(2)24-26(37)35(28(3,34-24)20-8-5-4-6-9-20)16-23(36)32-22-12-18-13-29(14-19(18)15-31-22)21-10-7-11-30-25(21)33-27(29)38/h4-12,15,17H,13-14,16H2,1-3H3,(H,30,33,38)(H,31,32,36)/t28-,29?/m1/s1. The van der Waals surface area contributed by atoms with Crippen LogP contribution in [0.4, 0.5) is 11.6 Å². The van der Waals surface area contributed by atoms with E-state index >= 15 is 0 Å². The first kappa shape index (κ1) is 24.0. The van der Waals surface area contributed by atoms with Crippen LogP contribution in [0.1, 0.15) is 43.0 Å². The minimum absolute atomic E-state index is 0.0679. The van der Waals surface area contributed by atoms with Crippen LogP contribution in [0.25, 0.3) is 0 Å². The van der Waals surface area contributed by atoms with E-state index in [4.69, 9.17) is 4.99 Å². The van der Waals surface area contributed by atoms with Crippen molar-refractivity contribution in [2.45, 2.75) is 44.7 Å². The molecule has 3 amide bonds. The van der Waals surface area contributed by atoms with Gasteiger partial charge in [-0.3, -0.25) is 24.3 Å². The third-order valence-electron chi connectivity index (χ3n) is 7.82. The maximum absolute atomic E-state index is 13.3. The van der Waals surface area contributed by atoms with Crippen molar-refractivity contribution in [1.29, 1.82) is 0 Å². The molecule has 2 N–H and O–H groups in total. The van der Waals surface area contributed by atoms with Crippen molar-refractivity contribution in [1.82, 2.24) is 14.9 Å². The Morgan fingerprint density at radius 2 is 1.84 bits per heavy atom. The summed E-state index contributed by atoms with van der Waals surface area (Å²) in [6, 6.07) is 15.1. The molecule has 0 saturated carbocycles. The predicted octanol–water partition coefficient (Wildman–Crippen LogP) is 3.22. The van der Waals surface area contributed by atoms with Crippen LogP contribution in [0.3, 0.4) is 0 Å². The van der Waals surface area contributed by atoms with Gasteiger partial charge >= 0.3 is 0 Å². The van der Waals surface area contributed by atoms with Gasteiger partial charge in [0.2, 0.25) is 11.8 Å². The van der Waals surface area contributed by atoms with Gasteiger partial charge in [0.15, 0.2) is 5.66 Å². The number of amides is 3. The lowest BCUT2D eigenvalue weighted by Crippen LogP contribution is -2.47. The summed E-state index contributed by atoms with van der Waals surface area (Å²) in [5.41, 5.74) is 2.41. The van der Waals surface area contributed by atoms with Crippen molar-refractivity contribution in [3.05, 3.63) is 83.2 Å². The van der Waals surface area contributed by atoms with Crippen LogP contribution in [-0.2, 0) is 38.3 Å². The van der Waals surface area contributed by atoms with Crippen molar-refractivity contribution >= 4 is 35.1 Å². The normalized spacial score (nSPS) is 23.5. The number of fused-ring (bicyclic) bond motifs is 3. The average molecular weight is 509 g/mol. The van der Waals surface area contributed by atoms with Crippen molar-refractivity contribution in [2.75, 3.05) is 17.2 Å². The van der Waals surface area contributed by atoms with Crippen molar-refractivity contribution in [2.24, 2.45) is 10.9 Å². The number of nitrogens with zero attached hydrogens (tertiary/aromatic N) is 4. The van der Waals surface area contributed by atoms with E-state index in [-0.39, 0.29) is 30.2 Å². The van der Waals surface area contributed by atoms with Crippen molar-refractivity contribution < 1.29 is 14.4 Å². The molecule has 2 aromatic heterocycles. The van der Waals surface area contributed by atoms with Gasteiger partial charge < -0.3 is 10.6 Å². The minimum Gasteiger partial charge on any atom is -0.310 e. The highest BCUT2D eigenvalue weighted by Gasteiger charge is 2.51. The largest absolute Gasteiger partial charge is 0.310 e. The molecule has 3 aliphatic rings. The van der Waals surface area contributed by atoms with E-state index in [1.807, 2.05) is 69.3 Å². The molecule has 9 nitrogen and oxygen atoms in total. The first-order chi connectivity index (χ1) is 18.2. The van der Waals surface area contributed by atoms with Gasteiger partial charge in [-0.15, -0.1) is 0 Å². The van der Waals surface area contributed by atoms with Crippen LogP contribution in [0, 0.1) is 5.92 Å². The van der Waals surface area contributed by atoms with Gasteiger partial charge in [-0.25, -0.2) is 9.97 Å². The van der Waals surface area contributed by atoms with E-state index < -0.39 is 11.1 Å². The zero-order valence-corrected chi connectivity index (χ0v) is 21.5. The molecule has 38 heavy (non-hydrogen) atoms. The highest BCUT2D eigenvalue weighted by atomic mass is 16.2. The number of pyridine rings is 2. The number of carbonyl (C=O) groups excluding carboxylic acids is 3. The molecule has 0 bridgehead atoms. The summed E-state index contributed by atoms with van der Waals surface area (Å²) < 4.78 is 0. The lowest BCUT2D eigenvalue weighted by atomic mass is 9.79. The maximum Gasteiger partial charge on any atom is 0.270 e. The zero-order chi connectivity index (χ0) is 26.7. The van der Waals surface area contributed by atoms with E-state index in [1.165, 1.54) is 4.90 Å². The van der Waals surface area contributed by atoms with Gasteiger partial charge in [0.1, 0.15) is 23.9 Å². The molecular formula is C29H28N6O3. The summed E-state index contributed by atoms with van der Waals surface area (Å²) in [6.45, 7) is 5.53. The Hall–Kier alpha value is -4.40. The molecule has 3 aromatic rings. The molecule has 4 heterocycles. The number of aromatic nitrogens is 2. The molecule has 1 spiro atoms. The van der Waals surface area contributed by atoms with Crippen LogP contribution < -0.4 is 10.6 Å². The molecule has 0 saturated heterocycles. The zero-order valence-electron chi connectivity index (χ0n) is 21.5. The molecule has 2 aliphatic heterocycles. The first-order valence-electron chi connectivity index (χ1n) is 12.7. The maximum atomic E-state index is 13.3. The van der Waals surface area contributed by atoms with Crippen molar-refractivity contribution in [3.8, 4) is 0 Å². The Morgan fingerprint density at radius 1 is 1.08 bits per heavy atom. The third-order valence-corrected chi connectivity index (χ3v) is 7.82. The summed E-state index contributed by atoms with van der Waals surface area (Å²) >= 11 is 0. The first-order valence-corrected chi connectivity index (χ1v) is 12.7. The lowest BCUT2D eigenvalue weighted by molar-refractivity contribution is -0.133. The smallest absolute Gasteiger partial charge is 0.270 e. The second kappa shape index (κ2) is 8.58. The fraction of sp³-hybridized carbons (Fsp3) is 0.310. The molecule has 0 fully saturated rings. The molecule has 6 rings (SSSR count). The second-order valence-electron chi connectivity index (χ2n) is 10.6. The number of hydrogen-bond acceptors (Lipinski definition) is 6. The average Bonchev–Trinajstić information content (AvgIpc) is 3.51. The fourth-order valence-electron chi connectivity index (χ4n) is 5.80. The Kier molecular flexibility index (Phi) is 5.41. The molecule has 2 atom stereocenters. The third kappa shape index (κ3) is 3.60. The monoisotopic (exact) mass is 508 g/mol. The van der Waals surface area contributed by atoms with Crippen LogP contribution in [0.5, 0.6) is 0 Å². The summed E-state index contributed by atoms with van der Waals surface area (Å²) in [4.78, 5) is 54.5. The second-order valence-corrected chi connectivity index (χ2v) is 10.6. The lowest BCUT2D eigenvalue weighted by Gasteiger charge is -2.33. The minimum atomic E-state index is -0.982. The molecular weight excluding hydrogens is 480 g/mol. The van der Waals surface area contributed by atoms with E-state index in [2.05, 4.69) is 20.6 Å². The number of anilines is 2. The summed E-state index contributed by atoms with van der Waals surface area (Å²) in [5, 5.41) is 5.75. The van der Waals surface area contributed by atoms with E-state index in [0.29, 0.717) is 30.2 Å². The molecule has 192 valence electrons. The van der Waals surface area contributed by atoms with Gasteiger partial charge in [-0.2, -0.15) is 0 Å². The highest BCUT2D eigenvalue weighted by molar-refractivity contribution is 6.41. The number of rotatable bonds is 5. The number of benzene rings is 1. The summed E-state index contributed by atoms with van der Waals surface area (Å²) in [5.74, 6) is 0.234. The highest BCUT2D eigenvalue weighted by Crippen LogP contribution is 2.46. The van der Waals surface area contributed by atoms with Gasteiger partial charge in [-0.1, -0.05) is 50.2 Å². The number of nitrogens with one attached hydrogen (secondary N) is 2. The fourth-order valence-corrected chi connectivity index (χ4v) is 5.80. The van der Waals surface area contributed by atoms with E-state index in [1.54, 1.807) is 12.4 Å². The Labute approximate surface area is 220 Å². The topological polar surface area (TPSA) is 117 Å². The van der Waals surface area contributed by atoms with Gasteiger partial charge in [0, 0.05) is 23.9 Å². The summed E-state index contributed by atoms with van der Waals surface area (Å²) in [6.07, 6.45) is 4.41. The van der Waals surface area contributed by atoms with E-state index in [9.17, 15) is 14.4 Å². The molecule has 0 radical (unpaired) electrons. The molecule has 1 aliphatic carbocycles. The summed E-state index contributed by atoms with van der Waals surface area (Å²) in [7, 11) is 0. The Balaban J connectivity index is 1.22. The van der Waals surface area contributed by atoms with Crippen LogP contribution >= 0.6 is 0 Å². The van der Waals surface area contributed by atoms with Crippen LogP contribution in [0.2, 0.25) is 0 Å². The van der Waals surface area contributed by atoms with Gasteiger partial charge in [0.25, 0.3) is 5.91 Å². The quantitative estimate of drug-likeness (QED) is 0.549.